The van der Waals surface area contributed by atoms with Gasteiger partial charge in [0.1, 0.15) is 0 Å². The summed E-state index contributed by atoms with van der Waals surface area (Å²) in [7, 11) is 0. The van der Waals surface area contributed by atoms with E-state index < -0.39 is 0 Å². The zero-order valence-electron chi connectivity index (χ0n) is 4.72. The Morgan fingerprint density at radius 3 is 2.14 bits per heavy atom. The highest BCUT2D eigenvalue weighted by molar-refractivity contribution is 7.80. The van der Waals surface area contributed by atoms with Gasteiger partial charge in [0.25, 0.3) is 0 Å². The highest BCUT2D eigenvalue weighted by Crippen LogP contribution is 2.31. The molecule has 0 aromatic heterocycles. The molecule has 1 saturated carbocycles. The molecule has 1 atom stereocenters. The molecule has 0 aliphatic heterocycles. The van der Waals surface area contributed by atoms with E-state index in [1.807, 2.05) is 0 Å². The predicted octanol–water partition coefficient (Wildman–Crippen LogP) is 2.10. The van der Waals surface area contributed by atoms with Crippen LogP contribution in [0.1, 0.15) is 26.2 Å². The van der Waals surface area contributed by atoms with Crippen LogP contribution in [0, 0.1) is 5.92 Å². The van der Waals surface area contributed by atoms with Gasteiger partial charge in [-0.25, -0.2) is 0 Å². The van der Waals surface area contributed by atoms with E-state index in [0.29, 0.717) is 5.25 Å². The summed E-state index contributed by atoms with van der Waals surface area (Å²) in [5.74, 6) is 0.948. The van der Waals surface area contributed by atoms with Crippen molar-refractivity contribution >= 4 is 12.6 Å². The maximum Gasteiger partial charge on any atom is 0.00167 e. The van der Waals surface area contributed by atoms with Crippen LogP contribution in [0.25, 0.3) is 0 Å². The van der Waals surface area contributed by atoms with E-state index in [9.17, 15) is 0 Å². The Balaban J connectivity index is 2.14. The Hall–Kier alpha value is 0.350. The summed E-state index contributed by atoms with van der Waals surface area (Å²) in [4.78, 5) is 0. The van der Waals surface area contributed by atoms with Crippen molar-refractivity contribution in [3.8, 4) is 0 Å². The van der Waals surface area contributed by atoms with E-state index in [4.69, 9.17) is 0 Å². The highest BCUT2D eigenvalue weighted by atomic mass is 32.1. The van der Waals surface area contributed by atoms with Crippen molar-refractivity contribution in [3.63, 3.8) is 0 Å². The van der Waals surface area contributed by atoms with Crippen molar-refractivity contribution in [1.82, 2.24) is 0 Å². The van der Waals surface area contributed by atoms with E-state index in [0.717, 1.165) is 5.92 Å². The van der Waals surface area contributed by atoms with Crippen molar-refractivity contribution < 1.29 is 0 Å². The standard InChI is InChI=1S/C6H12S/c1-5(7)6-3-2-4-6/h5-7H,2-4H2,1H3. The average Bonchev–Trinajstić information content (AvgIpc) is 1.23. The van der Waals surface area contributed by atoms with Crippen LogP contribution in [0.15, 0.2) is 0 Å². The van der Waals surface area contributed by atoms with Gasteiger partial charge >= 0.3 is 0 Å². The zero-order chi connectivity index (χ0) is 5.28. The zero-order valence-corrected chi connectivity index (χ0v) is 5.62. The molecule has 0 heterocycles. The van der Waals surface area contributed by atoms with Crippen molar-refractivity contribution in [2.24, 2.45) is 5.92 Å². The minimum atomic E-state index is 0.647. The molecule has 42 valence electrons. The van der Waals surface area contributed by atoms with Gasteiger partial charge in [0, 0.05) is 5.25 Å². The maximum atomic E-state index is 4.32. The lowest BCUT2D eigenvalue weighted by atomic mass is 9.83. The Kier molecular flexibility index (Phi) is 1.63. The van der Waals surface area contributed by atoms with Crippen molar-refractivity contribution in [2.45, 2.75) is 31.4 Å². The molecule has 0 aromatic rings. The summed E-state index contributed by atoms with van der Waals surface area (Å²) in [5, 5.41) is 0.647. The van der Waals surface area contributed by atoms with Crippen LogP contribution in [0.5, 0.6) is 0 Å². The second-order valence-electron chi connectivity index (χ2n) is 2.43. The molecule has 0 amide bonds. The molecule has 1 fully saturated rings. The maximum absolute atomic E-state index is 4.32. The van der Waals surface area contributed by atoms with Crippen LogP contribution in [0.3, 0.4) is 0 Å². The number of thiol groups is 1. The first-order valence-electron chi connectivity index (χ1n) is 2.99. The van der Waals surface area contributed by atoms with Crippen LogP contribution in [-0.4, -0.2) is 5.25 Å². The molecule has 0 spiro atoms. The monoisotopic (exact) mass is 116 g/mol. The molecule has 1 aliphatic carbocycles. The quantitative estimate of drug-likeness (QED) is 0.498. The second kappa shape index (κ2) is 2.08. The molecule has 1 rings (SSSR count). The summed E-state index contributed by atoms with van der Waals surface area (Å²) < 4.78 is 0. The van der Waals surface area contributed by atoms with Gasteiger partial charge in [-0.15, -0.1) is 0 Å². The lowest BCUT2D eigenvalue weighted by Gasteiger charge is -2.28. The van der Waals surface area contributed by atoms with Gasteiger partial charge in [-0.05, 0) is 18.8 Å². The van der Waals surface area contributed by atoms with Gasteiger partial charge in [-0.3, -0.25) is 0 Å². The molecule has 1 heteroatoms. The Morgan fingerprint density at radius 2 is 2.14 bits per heavy atom. The Morgan fingerprint density at radius 1 is 1.57 bits per heavy atom. The van der Waals surface area contributed by atoms with E-state index in [1.54, 1.807) is 0 Å². The minimum Gasteiger partial charge on any atom is -0.176 e. The molecule has 0 aromatic carbocycles. The van der Waals surface area contributed by atoms with E-state index in [1.165, 1.54) is 19.3 Å². The first kappa shape index (κ1) is 5.49. The fourth-order valence-electron chi connectivity index (χ4n) is 0.922. The van der Waals surface area contributed by atoms with Crippen molar-refractivity contribution in [3.05, 3.63) is 0 Å². The van der Waals surface area contributed by atoms with Crippen LogP contribution in [0.2, 0.25) is 0 Å². The largest absolute Gasteiger partial charge is 0.176 e. The topological polar surface area (TPSA) is 0 Å². The highest BCUT2D eigenvalue weighted by Gasteiger charge is 2.20. The van der Waals surface area contributed by atoms with E-state index in [-0.39, 0.29) is 0 Å². The third-order valence-corrected chi connectivity index (χ3v) is 2.25. The summed E-state index contributed by atoms with van der Waals surface area (Å²) in [5.41, 5.74) is 0. The summed E-state index contributed by atoms with van der Waals surface area (Å²) in [6, 6.07) is 0. The lowest BCUT2D eigenvalue weighted by Crippen LogP contribution is -2.19. The average molecular weight is 116 g/mol. The van der Waals surface area contributed by atoms with Gasteiger partial charge in [0.2, 0.25) is 0 Å². The first-order chi connectivity index (χ1) is 3.30. The second-order valence-corrected chi connectivity index (χ2v) is 3.25. The molecular formula is C6H12S. The molecule has 1 unspecified atom stereocenters. The molecule has 1 aliphatic rings. The van der Waals surface area contributed by atoms with E-state index >= 15 is 0 Å². The fraction of sp³-hybridized carbons (Fsp3) is 1.00. The van der Waals surface area contributed by atoms with Gasteiger partial charge in [-0.2, -0.15) is 12.6 Å². The predicted molar refractivity (Wildman–Crippen MR) is 35.8 cm³/mol. The van der Waals surface area contributed by atoms with Crippen molar-refractivity contribution in [1.29, 1.82) is 0 Å². The van der Waals surface area contributed by atoms with Gasteiger partial charge in [0.05, 0.1) is 0 Å². The third-order valence-electron chi connectivity index (χ3n) is 1.83. The number of rotatable bonds is 1. The van der Waals surface area contributed by atoms with Crippen LogP contribution < -0.4 is 0 Å². The third kappa shape index (κ3) is 1.12. The smallest absolute Gasteiger partial charge is 0.00167 e. The SMILES string of the molecule is CC(S)C1CCC1. The number of hydrogen-bond donors (Lipinski definition) is 1. The minimum absolute atomic E-state index is 0.647. The molecule has 0 nitrogen and oxygen atoms in total. The molecule has 0 saturated heterocycles. The van der Waals surface area contributed by atoms with Gasteiger partial charge in [-0.1, -0.05) is 13.3 Å². The Bertz CT molecular complexity index is 55.2. The number of hydrogen-bond acceptors (Lipinski definition) is 1. The summed E-state index contributed by atoms with van der Waals surface area (Å²) in [6.07, 6.45) is 4.28. The van der Waals surface area contributed by atoms with Crippen LogP contribution in [0.4, 0.5) is 0 Å². The summed E-state index contributed by atoms with van der Waals surface area (Å²) >= 11 is 4.32. The molecule has 7 heavy (non-hydrogen) atoms. The van der Waals surface area contributed by atoms with E-state index in [2.05, 4.69) is 19.6 Å². The van der Waals surface area contributed by atoms with Crippen molar-refractivity contribution in [2.75, 3.05) is 0 Å². The molecular weight excluding hydrogens is 104 g/mol. The molecule has 0 N–H and O–H groups in total. The van der Waals surface area contributed by atoms with Gasteiger partial charge < -0.3 is 0 Å². The van der Waals surface area contributed by atoms with Gasteiger partial charge in [0.15, 0.2) is 0 Å². The van der Waals surface area contributed by atoms with Crippen LogP contribution in [-0.2, 0) is 0 Å². The molecule has 0 radical (unpaired) electrons. The molecule has 0 bridgehead atoms. The Labute approximate surface area is 50.7 Å². The van der Waals surface area contributed by atoms with Crippen LogP contribution >= 0.6 is 12.6 Å². The lowest BCUT2D eigenvalue weighted by molar-refractivity contribution is 0.316. The fourth-order valence-corrected chi connectivity index (χ4v) is 1.22. The first-order valence-corrected chi connectivity index (χ1v) is 3.50. The summed E-state index contributed by atoms with van der Waals surface area (Å²) in [6.45, 7) is 2.19. The normalized spacial score (nSPS) is 26.6.